The summed E-state index contributed by atoms with van der Waals surface area (Å²) in [6, 6.07) is 109. The number of furan rings is 4. The van der Waals surface area contributed by atoms with Gasteiger partial charge >= 0.3 is 0 Å². The van der Waals surface area contributed by atoms with E-state index < -0.39 is 0 Å². The Morgan fingerprint density at radius 1 is 0.182 bits per heavy atom. The fraction of sp³-hybridized carbons (Fsp3) is 0. The van der Waals surface area contributed by atoms with Crippen molar-refractivity contribution in [2.75, 3.05) is 0 Å². The minimum Gasteiger partial charge on any atom is -0.456 e. The number of hydrogen-bond acceptors (Lipinski definition) is 6. The van der Waals surface area contributed by atoms with E-state index >= 15 is 0 Å². The van der Waals surface area contributed by atoms with Crippen molar-refractivity contribution >= 4 is 216 Å². The first-order chi connectivity index (χ1) is 49.1. The first kappa shape index (κ1) is 54.6. The molecule has 462 valence electrons. The molecule has 0 radical (unpaired) electrons. The van der Waals surface area contributed by atoms with Crippen LogP contribution < -0.4 is 0 Å². The second kappa shape index (κ2) is 20.9. The largest absolute Gasteiger partial charge is 0.456 e. The Kier molecular flexibility index (Phi) is 11.5. The maximum Gasteiger partial charge on any atom is 0.147 e. The highest BCUT2D eigenvalue weighted by atomic mass is 32.1. The summed E-state index contributed by atoms with van der Waals surface area (Å²) in [5.41, 5.74) is 18.0. The van der Waals surface area contributed by atoms with Crippen molar-refractivity contribution in [2.45, 2.75) is 0 Å². The third-order valence-electron chi connectivity index (χ3n) is 20.4. The van der Waals surface area contributed by atoms with E-state index in [4.69, 9.17) is 17.7 Å². The smallest absolute Gasteiger partial charge is 0.147 e. The highest BCUT2D eigenvalue weighted by molar-refractivity contribution is 7.28. The number of aromatic nitrogens is 3. The Hall–Kier alpha value is -12.7. The van der Waals surface area contributed by atoms with E-state index in [9.17, 15) is 0 Å². The number of nitrogens with zero attached hydrogens (tertiary/aromatic N) is 3. The van der Waals surface area contributed by atoms with Crippen molar-refractivity contribution in [3.05, 3.63) is 309 Å². The number of thiophene rings is 2. The number of para-hydroxylation sites is 8. The van der Waals surface area contributed by atoms with Crippen molar-refractivity contribution in [1.82, 2.24) is 13.7 Å². The van der Waals surface area contributed by atoms with Crippen LogP contribution in [0.5, 0.6) is 0 Å². The molecule has 0 fully saturated rings. The van der Waals surface area contributed by atoms with Crippen LogP contribution in [0.3, 0.4) is 0 Å². The SMILES string of the molecule is c1ccc(-n2c3ccccc3c3c4oc5c(ccc6oc7ccccc7c65)c4ccc32)cc1.c1ccc(-n2c3ccccc3c3c4oc5c(ccc6sc7ccccc7c65)c4ccc32)cc1.c1ccc(-n2c3ccccc3c3c4sc5c(ccc6oc7ccccc7c65)c4ccc32)cc1. The molecule has 9 heterocycles. The molecule has 0 unspecified atom stereocenters. The second-order valence-electron chi connectivity index (χ2n) is 25.6. The highest BCUT2D eigenvalue weighted by Crippen LogP contribution is 2.50. The van der Waals surface area contributed by atoms with Crippen LogP contribution in [0.4, 0.5) is 0 Å². The Labute approximate surface area is 570 Å². The fourth-order valence-corrected chi connectivity index (χ4v) is 18.7. The van der Waals surface area contributed by atoms with Gasteiger partial charge in [-0.1, -0.05) is 170 Å². The van der Waals surface area contributed by atoms with Crippen LogP contribution in [0.25, 0.3) is 211 Å². The number of hydrogen-bond donors (Lipinski definition) is 0. The van der Waals surface area contributed by atoms with E-state index in [1.165, 1.54) is 122 Å². The maximum absolute atomic E-state index is 6.80. The van der Waals surface area contributed by atoms with Crippen LogP contribution in [0, 0.1) is 0 Å². The van der Waals surface area contributed by atoms with Crippen LogP contribution in [0.15, 0.2) is 327 Å². The van der Waals surface area contributed by atoms with Gasteiger partial charge in [-0.15, -0.1) is 22.7 Å². The molecule has 9 heteroatoms. The molecule has 0 aliphatic heterocycles. The van der Waals surface area contributed by atoms with E-state index in [0.717, 1.165) is 88.5 Å². The highest BCUT2D eigenvalue weighted by Gasteiger charge is 2.25. The average Bonchev–Trinajstić information content (AvgIpc) is 1.56. The summed E-state index contributed by atoms with van der Waals surface area (Å²) in [6.07, 6.45) is 0. The average molecular weight is 1300 g/mol. The Morgan fingerprint density at radius 2 is 0.535 bits per heavy atom. The van der Waals surface area contributed by atoms with Gasteiger partial charge in [-0.05, 0) is 140 Å². The molecular formula is C90H51N3O4S2. The summed E-state index contributed by atoms with van der Waals surface area (Å²) in [7, 11) is 0. The normalized spacial score (nSPS) is 12.2. The summed E-state index contributed by atoms with van der Waals surface area (Å²) in [6.45, 7) is 0. The summed E-state index contributed by atoms with van der Waals surface area (Å²) in [5, 5.41) is 21.6. The molecule has 15 aromatic carbocycles. The van der Waals surface area contributed by atoms with Crippen molar-refractivity contribution in [2.24, 2.45) is 0 Å². The molecule has 0 spiro atoms. The summed E-state index contributed by atoms with van der Waals surface area (Å²) < 4.78 is 38.1. The monoisotopic (exact) mass is 1300 g/mol. The van der Waals surface area contributed by atoms with E-state index in [-0.39, 0.29) is 0 Å². The van der Waals surface area contributed by atoms with Crippen LogP contribution in [-0.4, -0.2) is 13.7 Å². The van der Waals surface area contributed by atoms with Crippen LogP contribution in [0.2, 0.25) is 0 Å². The lowest BCUT2D eigenvalue weighted by Gasteiger charge is -2.07. The molecule has 24 aromatic rings. The van der Waals surface area contributed by atoms with Crippen molar-refractivity contribution in [3.63, 3.8) is 0 Å². The lowest BCUT2D eigenvalue weighted by molar-refractivity contribution is 0.664. The maximum atomic E-state index is 6.80. The predicted octanol–water partition coefficient (Wildman–Crippen LogP) is 26.7. The molecule has 0 atom stereocenters. The molecule has 0 amide bonds. The number of benzene rings is 15. The molecule has 9 aromatic heterocycles. The second-order valence-corrected chi connectivity index (χ2v) is 27.7. The van der Waals surface area contributed by atoms with Gasteiger partial charge in [0.2, 0.25) is 0 Å². The summed E-state index contributed by atoms with van der Waals surface area (Å²) in [5.74, 6) is 0. The van der Waals surface area contributed by atoms with E-state index in [1.54, 1.807) is 0 Å². The standard InChI is InChI=1S/C30H17NO2.2C30H17NOS/c1-2-8-18(9-3-1)31-23-12-6-4-10-21(23)27-24(31)16-14-19-20-15-17-26-28(30(20)33-29(19)27)22-11-5-7-13-25(22)32-26;1-2-8-18(9-3-1)31-23-12-6-4-10-21(23)27-24(31)16-14-19-20-15-17-26-28(30(20)32-29(19)27)22-11-5-7-13-25(22)33-26;1-2-8-18(9-3-1)31-23-12-6-4-10-21(23)27-24(31)16-14-19-20-15-17-26-28(30(20)33-29(19)27)22-11-5-7-13-25(22)32-26/h3*1-17H. The first-order valence-corrected chi connectivity index (χ1v) is 35.0. The van der Waals surface area contributed by atoms with Gasteiger partial charge in [0.05, 0.1) is 49.3 Å². The summed E-state index contributed by atoms with van der Waals surface area (Å²) >= 11 is 3.72. The molecule has 0 aliphatic rings. The predicted molar refractivity (Wildman–Crippen MR) is 417 cm³/mol. The summed E-state index contributed by atoms with van der Waals surface area (Å²) in [4.78, 5) is 0. The van der Waals surface area contributed by atoms with E-state index in [2.05, 4.69) is 299 Å². The molecule has 0 saturated heterocycles. The van der Waals surface area contributed by atoms with Gasteiger partial charge in [0.15, 0.2) is 0 Å². The van der Waals surface area contributed by atoms with Gasteiger partial charge in [-0.25, -0.2) is 0 Å². The topological polar surface area (TPSA) is 67.3 Å². The Bertz CT molecular complexity index is 6770. The molecule has 24 rings (SSSR count). The number of fused-ring (bicyclic) bond motifs is 33. The molecule has 0 saturated carbocycles. The van der Waals surface area contributed by atoms with Gasteiger partial charge in [-0.2, -0.15) is 0 Å². The third kappa shape index (κ3) is 7.82. The van der Waals surface area contributed by atoms with Gasteiger partial charge < -0.3 is 31.4 Å². The number of rotatable bonds is 3. The minimum absolute atomic E-state index is 0.853. The van der Waals surface area contributed by atoms with Gasteiger partial charge in [0.25, 0.3) is 0 Å². The van der Waals surface area contributed by atoms with Crippen LogP contribution in [-0.2, 0) is 0 Å². The van der Waals surface area contributed by atoms with Crippen LogP contribution in [0.1, 0.15) is 0 Å². The van der Waals surface area contributed by atoms with E-state index in [1.807, 2.05) is 46.9 Å². The zero-order chi connectivity index (χ0) is 64.6. The van der Waals surface area contributed by atoms with Crippen molar-refractivity contribution in [1.29, 1.82) is 0 Å². The Balaban J connectivity index is 0.0000000949. The van der Waals surface area contributed by atoms with Gasteiger partial charge in [0.1, 0.15) is 44.7 Å². The fourth-order valence-electron chi connectivity index (χ4n) is 16.2. The molecule has 0 N–H and O–H groups in total. The van der Waals surface area contributed by atoms with Crippen molar-refractivity contribution in [3.8, 4) is 17.1 Å². The van der Waals surface area contributed by atoms with E-state index in [0.29, 0.717) is 0 Å². The first-order valence-electron chi connectivity index (χ1n) is 33.4. The molecule has 99 heavy (non-hydrogen) atoms. The van der Waals surface area contributed by atoms with Gasteiger partial charge in [-0.3, -0.25) is 0 Å². The molecule has 0 bridgehead atoms. The van der Waals surface area contributed by atoms with Gasteiger partial charge in [0, 0.05) is 117 Å². The molecule has 0 aliphatic carbocycles. The lowest BCUT2D eigenvalue weighted by atomic mass is 10.1. The zero-order valence-corrected chi connectivity index (χ0v) is 54.4. The molecule has 7 nitrogen and oxygen atoms in total. The Morgan fingerprint density at radius 3 is 1.06 bits per heavy atom. The van der Waals surface area contributed by atoms with Crippen molar-refractivity contribution < 1.29 is 17.7 Å². The van der Waals surface area contributed by atoms with Crippen LogP contribution >= 0.6 is 22.7 Å². The quantitative estimate of drug-likeness (QED) is 0.177. The minimum atomic E-state index is 0.853. The zero-order valence-electron chi connectivity index (χ0n) is 52.7. The molecular weight excluding hydrogens is 1250 g/mol. The third-order valence-corrected chi connectivity index (χ3v) is 22.8. The lowest BCUT2D eigenvalue weighted by Crippen LogP contribution is -1.92.